The van der Waals surface area contributed by atoms with Gasteiger partial charge in [0.25, 0.3) is 0 Å². The average molecular weight is 497 g/mol. The normalized spacial score (nSPS) is 12.9. The van der Waals surface area contributed by atoms with Gasteiger partial charge in [-0.3, -0.25) is 15.1 Å². The number of guanidine groups is 1. The third kappa shape index (κ3) is 17.4. The van der Waals surface area contributed by atoms with Gasteiger partial charge in [0.05, 0.1) is 0 Å². The first kappa shape index (κ1) is 33.4. The Hall–Kier alpha value is -1.63. The minimum Gasteiger partial charge on any atom is -0.480 e. The van der Waals surface area contributed by atoms with Crippen LogP contribution in [-0.4, -0.2) is 41.4 Å². The van der Waals surface area contributed by atoms with E-state index in [1.54, 1.807) is 0 Å². The second-order valence-electron chi connectivity index (χ2n) is 10.0. The number of hydrogen-bond donors (Lipinski definition) is 4. The number of Topliss-reactive ketones (excluding diaryl/α,β-unsaturated/α-hetero) is 1. The largest absolute Gasteiger partial charge is 0.480 e. The lowest BCUT2D eigenvalue weighted by atomic mass is 9.85. The lowest BCUT2D eigenvalue weighted by Gasteiger charge is -2.29. The van der Waals surface area contributed by atoms with Crippen LogP contribution in [0.2, 0.25) is 0 Å². The quantitative estimate of drug-likeness (QED) is 0.0496. The molecule has 0 rings (SSSR count). The molecule has 0 saturated heterocycles. The predicted molar refractivity (Wildman–Crippen MR) is 148 cm³/mol. The van der Waals surface area contributed by atoms with Crippen LogP contribution in [0.4, 0.5) is 0 Å². The standard InChI is InChI=1S/C28H56N4O3/c1-3-5-7-9-10-11-12-13-14-15-17-19-24-32-28(26(34)35,22-20-23-31-27(29)30)25(33)21-18-16-8-6-4-2/h32H,3-24H2,1-2H3,(H,34,35)(H4,29,30,31)/t28-/m1/s1. The first-order valence-electron chi connectivity index (χ1n) is 14.5. The second kappa shape index (κ2) is 22.8. The maximum absolute atomic E-state index is 13.1. The molecule has 0 aliphatic rings. The van der Waals surface area contributed by atoms with Crippen molar-refractivity contribution in [1.82, 2.24) is 5.32 Å². The van der Waals surface area contributed by atoms with Gasteiger partial charge in [-0.1, -0.05) is 110 Å². The summed E-state index contributed by atoms with van der Waals surface area (Å²) < 4.78 is 0. The smallest absolute Gasteiger partial charge is 0.331 e. The molecule has 0 heterocycles. The molecule has 0 aromatic heterocycles. The summed E-state index contributed by atoms with van der Waals surface area (Å²) in [5.41, 5.74) is 9.23. The van der Waals surface area contributed by atoms with Crippen LogP contribution in [0.3, 0.4) is 0 Å². The zero-order valence-corrected chi connectivity index (χ0v) is 22.9. The van der Waals surface area contributed by atoms with Crippen LogP contribution in [0.25, 0.3) is 0 Å². The topological polar surface area (TPSA) is 131 Å². The zero-order valence-electron chi connectivity index (χ0n) is 22.9. The van der Waals surface area contributed by atoms with Crippen LogP contribution < -0.4 is 16.8 Å². The van der Waals surface area contributed by atoms with Gasteiger partial charge in [-0.15, -0.1) is 0 Å². The van der Waals surface area contributed by atoms with E-state index in [0.717, 1.165) is 51.4 Å². The molecule has 0 bridgehead atoms. The summed E-state index contributed by atoms with van der Waals surface area (Å²) in [7, 11) is 0. The highest BCUT2D eigenvalue weighted by Crippen LogP contribution is 2.20. The van der Waals surface area contributed by atoms with Gasteiger partial charge >= 0.3 is 5.97 Å². The number of carboxylic acid groups (broad SMARTS) is 1. The Morgan fingerprint density at radius 1 is 0.714 bits per heavy atom. The van der Waals surface area contributed by atoms with E-state index in [2.05, 4.69) is 24.2 Å². The molecule has 1 atom stereocenters. The van der Waals surface area contributed by atoms with Crippen molar-refractivity contribution in [1.29, 1.82) is 0 Å². The first-order chi connectivity index (χ1) is 16.9. The van der Waals surface area contributed by atoms with Crippen molar-refractivity contribution in [3.8, 4) is 0 Å². The number of unbranched alkanes of at least 4 members (excludes halogenated alkanes) is 15. The van der Waals surface area contributed by atoms with E-state index in [1.807, 2.05) is 0 Å². The Kier molecular flexibility index (Phi) is 21.7. The fraction of sp³-hybridized carbons (Fsp3) is 0.893. The molecular weight excluding hydrogens is 440 g/mol. The molecule has 0 radical (unpaired) electrons. The Labute approximate surface area is 215 Å². The molecule has 0 fully saturated rings. The summed E-state index contributed by atoms with van der Waals surface area (Å²) in [5, 5.41) is 13.2. The van der Waals surface area contributed by atoms with Crippen LogP contribution in [0.1, 0.15) is 142 Å². The summed E-state index contributed by atoms with van der Waals surface area (Å²) in [4.78, 5) is 29.3. The van der Waals surface area contributed by atoms with Gasteiger partial charge in [0, 0.05) is 13.0 Å². The SMILES string of the molecule is CCCCCCCCCCCCCCN[C@@](CCCN=C(N)N)(C(=O)O)C(=O)CCCCCCC. The van der Waals surface area contributed by atoms with Crippen LogP contribution in [0.15, 0.2) is 4.99 Å². The van der Waals surface area contributed by atoms with Gasteiger partial charge in [-0.25, -0.2) is 4.79 Å². The van der Waals surface area contributed by atoms with Crippen molar-refractivity contribution >= 4 is 17.7 Å². The highest BCUT2D eigenvalue weighted by atomic mass is 16.4. The number of carboxylic acids is 1. The Balaban J connectivity index is 4.46. The van der Waals surface area contributed by atoms with Gasteiger partial charge in [-0.2, -0.15) is 0 Å². The third-order valence-corrected chi connectivity index (χ3v) is 6.81. The average Bonchev–Trinajstić information content (AvgIpc) is 2.82. The fourth-order valence-corrected chi connectivity index (χ4v) is 4.55. The molecule has 0 aliphatic heterocycles. The van der Waals surface area contributed by atoms with E-state index in [1.165, 1.54) is 57.8 Å². The molecule has 0 aliphatic carbocycles. The maximum atomic E-state index is 13.1. The summed E-state index contributed by atoms with van der Waals surface area (Å²) in [6.07, 6.45) is 21.0. The van der Waals surface area contributed by atoms with E-state index in [0.29, 0.717) is 25.9 Å². The molecule has 0 aromatic rings. The van der Waals surface area contributed by atoms with Gasteiger partial charge in [0.1, 0.15) is 0 Å². The first-order valence-corrected chi connectivity index (χ1v) is 14.5. The predicted octanol–water partition coefficient (Wildman–Crippen LogP) is 6.08. The molecule has 0 unspecified atom stereocenters. The summed E-state index contributed by atoms with van der Waals surface area (Å²) in [5.74, 6) is -1.32. The maximum Gasteiger partial charge on any atom is 0.331 e. The monoisotopic (exact) mass is 496 g/mol. The molecule has 35 heavy (non-hydrogen) atoms. The van der Waals surface area contributed by atoms with Crippen LogP contribution in [-0.2, 0) is 9.59 Å². The fourth-order valence-electron chi connectivity index (χ4n) is 4.55. The van der Waals surface area contributed by atoms with Crippen molar-refractivity contribution < 1.29 is 14.7 Å². The van der Waals surface area contributed by atoms with Crippen molar-refractivity contribution in [3.63, 3.8) is 0 Å². The van der Waals surface area contributed by atoms with Crippen molar-refractivity contribution in [2.75, 3.05) is 13.1 Å². The Bertz CT molecular complexity index is 564. The number of rotatable bonds is 26. The highest BCUT2D eigenvalue weighted by Gasteiger charge is 2.44. The number of ketones is 1. The highest BCUT2D eigenvalue weighted by molar-refractivity contribution is 6.07. The summed E-state index contributed by atoms with van der Waals surface area (Å²) in [6, 6.07) is 0. The number of hydrogen-bond acceptors (Lipinski definition) is 4. The van der Waals surface area contributed by atoms with E-state index in [9.17, 15) is 14.7 Å². The number of nitrogens with two attached hydrogens (primary N) is 2. The van der Waals surface area contributed by atoms with Crippen LogP contribution >= 0.6 is 0 Å². The lowest BCUT2D eigenvalue weighted by molar-refractivity contribution is -0.150. The molecule has 6 N–H and O–H groups in total. The number of aliphatic carboxylic acids is 1. The van der Waals surface area contributed by atoms with Gasteiger partial charge in [-0.05, 0) is 32.2 Å². The minimum absolute atomic E-state index is 0.0161. The van der Waals surface area contributed by atoms with E-state index < -0.39 is 11.5 Å². The third-order valence-electron chi connectivity index (χ3n) is 6.81. The molecule has 7 nitrogen and oxygen atoms in total. The van der Waals surface area contributed by atoms with Gasteiger partial charge < -0.3 is 16.6 Å². The summed E-state index contributed by atoms with van der Waals surface area (Å²) in [6.45, 7) is 5.26. The van der Waals surface area contributed by atoms with Crippen LogP contribution in [0, 0.1) is 0 Å². The molecule has 206 valence electrons. The minimum atomic E-state index is -1.54. The Morgan fingerprint density at radius 3 is 1.63 bits per heavy atom. The summed E-state index contributed by atoms with van der Waals surface area (Å²) >= 11 is 0. The number of nitrogens with zero attached hydrogens (tertiary/aromatic N) is 1. The van der Waals surface area contributed by atoms with E-state index in [-0.39, 0.29) is 18.2 Å². The molecule has 0 spiro atoms. The number of carbonyl (C=O) groups excluding carboxylic acids is 1. The van der Waals surface area contributed by atoms with Crippen molar-refractivity contribution in [2.24, 2.45) is 16.5 Å². The molecule has 0 aromatic carbocycles. The van der Waals surface area contributed by atoms with E-state index >= 15 is 0 Å². The number of aliphatic imine (C=N–C) groups is 1. The second-order valence-corrected chi connectivity index (χ2v) is 10.0. The Morgan fingerprint density at radius 2 is 1.17 bits per heavy atom. The van der Waals surface area contributed by atoms with Gasteiger partial charge in [0.15, 0.2) is 17.3 Å². The zero-order chi connectivity index (χ0) is 26.2. The molecule has 0 amide bonds. The van der Waals surface area contributed by atoms with Gasteiger partial charge in [0.2, 0.25) is 0 Å². The molecular formula is C28H56N4O3. The number of nitrogens with one attached hydrogen (secondary N) is 1. The molecule has 7 heteroatoms. The lowest BCUT2D eigenvalue weighted by Crippen LogP contribution is -2.58. The van der Waals surface area contributed by atoms with Crippen molar-refractivity contribution in [2.45, 2.75) is 148 Å². The number of carbonyl (C=O) groups is 2. The van der Waals surface area contributed by atoms with E-state index in [4.69, 9.17) is 11.5 Å². The van der Waals surface area contributed by atoms with Crippen molar-refractivity contribution in [3.05, 3.63) is 0 Å². The van der Waals surface area contributed by atoms with Crippen LogP contribution in [0.5, 0.6) is 0 Å². The molecule has 0 saturated carbocycles.